The first-order valence-electron chi connectivity index (χ1n) is 8.28. The van der Waals surface area contributed by atoms with E-state index in [2.05, 4.69) is 5.32 Å². The summed E-state index contributed by atoms with van der Waals surface area (Å²) in [5, 5.41) is 3.43. The summed E-state index contributed by atoms with van der Waals surface area (Å²) in [5.74, 6) is -0.343. The highest BCUT2D eigenvalue weighted by Crippen LogP contribution is 2.16. The van der Waals surface area contributed by atoms with Crippen LogP contribution >= 0.6 is 11.6 Å². The summed E-state index contributed by atoms with van der Waals surface area (Å²) >= 11 is 5.85. The molecule has 0 aliphatic carbocycles. The average molecular weight is 353 g/mol. The standard InChI is InChI=1S/C18H25ClN2O3/c1-11(2)16(18(23)21-9-12(3)24-13(4)10-21)20-17(22)14-5-7-15(19)8-6-14/h5-8,11-13,16H,9-10H2,1-4H3,(H,20,22)/t12?,13?,16-/m0/s1. The van der Waals surface area contributed by atoms with Crippen LogP contribution in [0.2, 0.25) is 5.02 Å². The van der Waals surface area contributed by atoms with Gasteiger partial charge in [0.25, 0.3) is 5.91 Å². The van der Waals surface area contributed by atoms with Gasteiger partial charge in [-0.25, -0.2) is 0 Å². The Labute approximate surface area is 148 Å². The van der Waals surface area contributed by atoms with Crippen LogP contribution in [0.25, 0.3) is 0 Å². The number of benzene rings is 1. The van der Waals surface area contributed by atoms with Gasteiger partial charge in [-0.3, -0.25) is 9.59 Å². The predicted molar refractivity (Wildman–Crippen MR) is 94.1 cm³/mol. The molecule has 0 aromatic heterocycles. The molecule has 1 aliphatic heterocycles. The zero-order valence-corrected chi connectivity index (χ0v) is 15.3. The lowest BCUT2D eigenvalue weighted by Gasteiger charge is -2.38. The summed E-state index contributed by atoms with van der Waals surface area (Å²) in [6.07, 6.45) is -0.00467. The molecule has 0 spiro atoms. The van der Waals surface area contributed by atoms with Crippen molar-refractivity contribution in [3.8, 4) is 0 Å². The summed E-state index contributed by atoms with van der Waals surface area (Å²) in [6, 6.07) is 6.06. The fourth-order valence-corrected chi connectivity index (χ4v) is 3.02. The van der Waals surface area contributed by atoms with E-state index < -0.39 is 6.04 Å². The van der Waals surface area contributed by atoms with Gasteiger partial charge in [0, 0.05) is 23.7 Å². The van der Waals surface area contributed by atoms with Crippen molar-refractivity contribution in [3.63, 3.8) is 0 Å². The van der Waals surface area contributed by atoms with Gasteiger partial charge >= 0.3 is 0 Å². The van der Waals surface area contributed by atoms with Gasteiger partial charge in [0.1, 0.15) is 6.04 Å². The quantitative estimate of drug-likeness (QED) is 0.906. The summed E-state index contributed by atoms with van der Waals surface area (Å²) in [7, 11) is 0. The van der Waals surface area contributed by atoms with Crippen LogP contribution in [0.5, 0.6) is 0 Å². The van der Waals surface area contributed by atoms with Crippen molar-refractivity contribution in [1.29, 1.82) is 0 Å². The van der Waals surface area contributed by atoms with Crippen molar-refractivity contribution in [3.05, 3.63) is 34.9 Å². The third-order valence-corrected chi connectivity index (χ3v) is 4.31. The number of nitrogens with one attached hydrogen (secondary N) is 1. The summed E-state index contributed by atoms with van der Waals surface area (Å²) in [6.45, 7) is 8.85. The van der Waals surface area contributed by atoms with Gasteiger partial charge in [-0.2, -0.15) is 0 Å². The van der Waals surface area contributed by atoms with Gasteiger partial charge in [0.05, 0.1) is 12.2 Å². The molecule has 2 unspecified atom stereocenters. The summed E-state index contributed by atoms with van der Waals surface area (Å²) in [4.78, 5) is 27.1. The molecule has 1 heterocycles. The van der Waals surface area contributed by atoms with Crippen LogP contribution < -0.4 is 5.32 Å². The van der Waals surface area contributed by atoms with Crippen LogP contribution in [-0.2, 0) is 9.53 Å². The zero-order valence-electron chi connectivity index (χ0n) is 14.6. The highest BCUT2D eigenvalue weighted by atomic mass is 35.5. The van der Waals surface area contributed by atoms with E-state index in [1.807, 2.05) is 27.7 Å². The molecule has 5 nitrogen and oxygen atoms in total. The third kappa shape index (κ3) is 4.71. The van der Waals surface area contributed by atoms with Gasteiger partial charge in [0.2, 0.25) is 5.91 Å². The molecule has 24 heavy (non-hydrogen) atoms. The Morgan fingerprint density at radius 3 is 2.21 bits per heavy atom. The smallest absolute Gasteiger partial charge is 0.251 e. The second kappa shape index (κ2) is 7.99. The Kier molecular flexibility index (Phi) is 6.24. The Morgan fingerprint density at radius 1 is 1.17 bits per heavy atom. The molecule has 0 saturated carbocycles. The van der Waals surface area contributed by atoms with E-state index in [4.69, 9.17) is 16.3 Å². The molecule has 1 saturated heterocycles. The molecule has 1 aliphatic rings. The molecule has 2 rings (SSSR count). The summed E-state index contributed by atoms with van der Waals surface area (Å²) in [5.41, 5.74) is 0.488. The highest BCUT2D eigenvalue weighted by molar-refractivity contribution is 6.30. The minimum atomic E-state index is -0.564. The van der Waals surface area contributed by atoms with E-state index in [-0.39, 0.29) is 29.9 Å². The van der Waals surface area contributed by atoms with Gasteiger partial charge in [-0.15, -0.1) is 0 Å². The maximum Gasteiger partial charge on any atom is 0.251 e. The monoisotopic (exact) mass is 352 g/mol. The number of nitrogens with zero attached hydrogens (tertiary/aromatic N) is 1. The average Bonchev–Trinajstić information content (AvgIpc) is 2.51. The zero-order chi connectivity index (χ0) is 17.9. The van der Waals surface area contributed by atoms with Crippen molar-refractivity contribution in [2.24, 2.45) is 5.92 Å². The van der Waals surface area contributed by atoms with Crippen molar-refractivity contribution in [2.75, 3.05) is 13.1 Å². The lowest BCUT2D eigenvalue weighted by atomic mass is 10.0. The second-order valence-corrected chi connectivity index (χ2v) is 7.14. The van der Waals surface area contributed by atoms with Crippen LogP contribution in [0.1, 0.15) is 38.1 Å². The number of rotatable bonds is 4. The number of morpholine rings is 1. The second-order valence-electron chi connectivity index (χ2n) is 6.70. The molecule has 0 radical (unpaired) electrons. The predicted octanol–water partition coefficient (Wildman–Crippen LogP) is 2.73. The first-order chi connectivity index (χ1) is 11.3. The van der Waals surface area contributed by atoms with E-state index in [0.29, 0.717) is 23.7 Å². The van der Waals surface area contributed by atoms with Crippen LogP contribution in [0, 0.1) is 5.92 Å². The van der Waals surface area contributed by atoms with Crippen molar-refractivity contribution >= 4 is 23.4 Å². The van der Waals surface area contributed by atoms with Crippen molar-refractivity contribution < 1.29 is 14.3 Å². The van der Waals surface area contributed by atoms with Gasteiger partial charge < -0.3 is 15.0 Å². The molecule has 1 aromatic carbocycles. The van der Waals surface area contributed by atoms with E-state index >= 15 is 0 Å². The van der Waals surface area contributed by atoms with Crippen LogP contribution in [0.4, 0.5) is 0 Å². The summed E-state index contributed by atoms with van der Waals surface area (Å²) < 4.78 is 5.67. The maximum absolute atomic E-state index is 12.9. The fourth-order valence-electron chi connectivity index (χ4n) is 2.89. The first-order valence-corrected chi connectivity index (χ1v) is 8.66. The highest BCUT2D eigenvalue weighted by Gasteiger charge is 2.33. The Balaban J connectivity index is 2.09. The molecule has 0 bridgehead atoms. The van der Waals surface area contributed by atoms with Crippen LogP contribution in [0.15, 0.2) is 24.3 Å². The number of hydrogen-bond acceptors (Lipinski definition) is 3. The van der Waals surface area contributed by atoms with Crippen molar-refractivity contribution in [2.45, 2.75) is 45.9 Å². The van der Waals surface area contributed by atoms with Crippen molar-refractivity contribution in [1.82, 2.24) is 10.2 Å². The number of carbonyl (C=O) groups excluding carboxylic acids is 2. The van der Waals surface area contributed by atoms with Gasteiger partial charge in [-0.1, -0.05) is 25.4 Å². The number of halogens is 1. The van der Waals surface area contributed by atoms with Crippen LogP contribution in [0.3, 0.4) is 0 Å². The Hall–Kier alpha value is -1.59. The SMILES string of the molecule is CC1CN(C(=O)[C@@H](NC(=O)c2ccc(Cl)cc2)C(C)C)CC(C)O1. The van der Waals surface area contributed by atoms with E-state index in [0.717, 1.165) is 0 Å². The molecular formula is C18H25ClN2O3. The largest absolute Gasteiger partial charge is 0.372 e. The first kappa shape index (κ1) is 18.7. The molecular weight excluding hydrogens is 328 g/mol. The molecule has 132 valence electrons. The minimum absolute atomic E-state index is 0.00233. The number of ether oxygens (including phenoxy) is 1. The molecule has 1 N–H and O–H groups in total. The third-order valence-electron chi connectivity index (χ3n) is 4.06. The lowest BCUT2D eigenvalue weighted by molar-refractivity contribution is -0.146. The Morgan fingerprint density at radius 2 is 1.71 bits per heavy atom. The topological polar surface area (TPSA) is 58.6 Å². The van der Waals surface area contributed by atoms with E-state index in [1.54, 1.807) is 29.2 Å². The minimum Gasteiger partial charge on any atom is -0.372 e. The lowest BCUT2D eigenvalue weighted by Crippen LogP contribution is -2.56. The molecule has 6 heteroatoms. The number of hydrogen-bond donors (Lipinski definition) is 1. The van der Waals surface area contributed by atoms with E-state index in [1.165, 1.54) is 0 Å². The Bertz CT molecular complexity index is 578. The molecule has 1 aromatic rings. The molecule has 3 atom stereocenters. The fraction of sp³-hybridized carbons (Fsp3) is 0.556. The molecule has 1 fully saturated rings. The maximum atomic E-state index is 12.9. The number of carbonyl (C=O) groups is 2. The van der Waals surface area contributed by atoms with E-state index in [9.17, 15) is 9.59 Å². The van der Waals surface area contributed by atoms with Gasteiger partial charge in [-0.05, 0) is 44.0 Å². The molecule has 2 amide bonds. The van der Waals surface area contributed by atoms with Gasteiger partial charge in [0.15, 0.2) is 0 Å². The van der Waals surface area contributed by atoms with Crippen LogP contribution in [-0.4, -0.2) is 48.1 Å². The number of amides is 2. The normalized spacial score (nSPS) is 22.3.